The third-order valence-electron chi connectivity index (χ3n) is 6.22. The molecular weight excluding hydrogens is 432 g/mol. The second kappa shape index (κ2) is 8.87. The van der Waals surface area contributed by atoms with Crippen molar-refractivity contribution >= 4 is 40.4 Å². The van der Waals surface area contributed by atoms with Crippen molar-refractivity contribution < 1.29 is 9.59 Å². The lowest BCUT2D eigenvalue weighted by Gasteiger charge is -2.17. The van der Waals surface area contributed by atoms with Gasteiger partial charge in [0.25, 0.3) is 11.8 Å². The molecule has 0 atom stereocenters. The Bertz CT molecular complexity index is 1290. The topological polar surface area (TPSA) is 49.4 Å². The van der Waals surface area contributed by atoms with Crippen molar-refractivity contribution in [2.75, 3.05) is 10.2 Å². The lowest BCUT2D eigenvalue weighted by molar-refractivity contribution is -0.120. The summed E-state index contributed by atoms with van der Waals surface area (Å²) in [7, 11) is 0. The summed E-state index contributed by atoms with van der Waals surface area (Å²) in [4.78, 5) is 28.5. The molecular formula is C28H27ClN2O2. The van der Waals surface area contributed by atoms with Crippen molar-refractivity contribution in [1.82, 2.24) is 0 Å². The lowest BCUT2D eigenvalue weighted by atomic mass is 9.99. The van der Waals surface area contributed by atoms with Gasteiger partial charge in [0.1, 0.15) is 5.70 Å². The summed E-state index contributed by atoms with van der Waals surface area (Å²) in [6, 6.07) is 18.9. The number of imide groups is 1. The number of hydrogen-bond acceptors (Lipinski definition) is 3. The van der Waals surface area contributed by atoms with Gasteiger partial charge < -0.3 is 5.32 Å². The van der Waals surface area contributed by atoms with Gasteiger partial charge in [-0.15, -0.1) is 0 Å². The smallest absolute Gasteiger partial charge is 0.282 e. The molecule has 0 radical (unpaired) electrons. The number of rotatable bonds is 5. The molecule has 0 saturated carbocycles. The first-order valence-electron chi connectivity index (χ1n) is 11.0. The van der Waals surface area contributed by atoms with E-state index in [0.29, 0.717) is 33.5 Å². The number of halogens is 1. The molecule has 0 saturated heterocycles. The molecule has 0 bridgehead atoms. The van der Waals surface area contributed by atoms with E-state index >= 15 is 0 Å². The van der Waals surface area contributed by atoms with Crippen LogP contribution in [0.5, 0.6) is 0 Å². The first kappa shape index (κ1) is 22.8. The predicted octanol–water partition coefficient (Wildman–Crippen LogP) is 6.79. The van der Waals surface area contributed by atoms with Crippen LogP contribution in [0, 0.1) is 20.8 Å². The van der Waals surface area contributed by atoms with Gasteiger partial charge in [0.05, 0.1) is 11.3 Å². The van der Waals surface area contributed by atoms with E-state index in [1.807, 2.05) is 75.4 Å². The fraction of sp³-hybridized carbons (Fsp3) is 0.214. The van der Waals surface area contributed by atoms with Gasteiger partial charge in [-0.1, -0.05) is 61.8 Å². The minimum absolute atomic E-state index is 0.251. The van der Waals surface area contributed by atoms with Gasteiger partial charge in [-0.2, -0.15) is 0 Å². The Morgan fingerprint density at radius 1 is 0.848 bits per heavy atom. The molecule has 4 rings (SSSR count). The molecule has 0 unspecified atom stereocenters. The van der Waals surface area contributed by atoms with Crippen molar-refractivity contribution in [3.8, 4) is 0 Å². The van der Waals surface area contributed by atoms with Crippen LogP contribution >= 0.6 is 11.6 Å². The summed E-state index contributed by atoms with van der Waals surface area (Å²) in [6.45, 7) is 10.1. The molecule has 33 heavy (non-hydrogen) atoms. The van der Waals surface area contributed by atoms with Crippen molar-refractivity contribution in [3.05, 3.63) is 99.2 Å². The van der Waals surface area contributed by atoms with Crippen LogP contribution in [0.4, 0.5) is 11.4 Å². The number of hydrogen-bond donors (Lipinski definition) is 1. The van der Waals surface area contributed by atoms with Crippen LogP contribution < -0.4 is 10.2 Å². The van der Waals surface area contributed by atoms with Crippen LogP contribution in [0.15, 0.2) is 66.4 Å². The van der Waals surface area contributed by atoms with Gasteiger partial charge in [0, 0.05) is 10.7 Å². The quantitative estimate of drug-likeness (QED) is 0.428. The molecule has 1 aliphatic heterocycles. The van der Waals surface area contributed by atoms with Crippen LogP contribution in [0.2, 0.25) is 5.02 Å². The minimum atomic E-state index is -0.384. The molecule has 3 aromatic carbocycles. The van der Waals surface area contributed by atoms with Crippen LogP contribution in [-0.2, 0) is 9.59 Å². The molecule has 0 aliphatic carbocycles. The average Bonchev–Trinajstić information content (AvgIpc) is 3.03. The second-order valence-corrected chi connectivity index (χ2v) is 9.19. The summed E-state index contributed by atoms with van der Waals surface area (Å²) in [5, 5.41) is 3.81. The largest absolute Gasteiger partial charge is 0.350 e. The fourth-order valence-corrected chi connectivity index (χ4v) is 4.11. The van der Waals surface area contributed by atoms with Gasteiger partial charge in [-0.05, 0) is 78.8 Å². The van der Waals surface area contributed by atoms with Gasteiger partial charge in [0.2, 0.25) is 0 Å². The van der Waals surface area contributed by atoms with E-state index in [0.717, 1.165) is 22.3 Å². The maximum Gasteiger partial charge on any atom is 0.282 e. The standard InChI is InChI=1S/C28H27ClN2O2/c1-16(2)20-11-13-22(14-12-20)31-27(32)25(21-10-9-17(3)18(4)15-21)26(28(31)33)30-24-8-6-7-23(29)19(24)5/h6-16,30H,1-5H3. The van der Waals surface area contributed by atoms with Gasteiger partial charge in [0.15, 0.2) is 0 Å². The zero-order chi connectivity index (χ0) is 23.9. The highest BCUT2D eigenvalue weighted by Gasteiger charge is 2.40. The molecule has 1 N–H and O–H groups in total. The fourth-order valence-electron chi connectivity index (χ4n) is 3.93. The summed E-state index contributed by atoms with van der Waals surface area (Å²) in [5.41, 5.74) is 6.69. The van der Waals surface area contributed by atoms with Crippen LogP contribution in [-0.4, -0.2) is 11.8 Å². The molecule has 1 aliphatic rings. The molecule has 168 valence electrons. The zero-order valence-electron chi connectivity index (χ0n) is 19.5. The SMILES string of the molecule is Cc1ccc(C2=C(Nc3cccc(Cl)c3C)C(=O)N(c3ccc(C(C)C)cc3)C2=O)cc1C. The summed E-state index contributed by atoms with van der Waals surface area (Å²) in [6.07, 6.45) is 0. The number of carbonyl (C=O) groups excluding carboxylic acids is 2. The van der Waals surface area contributed by atoms with E-state index in [4.69, 9.17) is 11.6 Å². The van der Waals surface area contributed by atoms with Gasteiger partial charge in [-0.25, -0.2) is 4.90 Å². The molecule has 1 heterocycles. The first-order valence-corrected chi connectivity index (χ1v) is 11.4. The van der Waals surface area contributed by atoms with Gasteiger partial charge >= 0.3 is 0 Å². The van der Waals surface area contributed by atoms with E-state index in [1.54, 1.807) is 6.07 Å². The number of amides is 2. The maximum absolute atomic E-state index is 13.7. The second-order valence-electron chi connectivity index (χ2n) is 8.78. The van der Waals surface area contributed by atoms with Crippen molar-refractivity contribution in [2.24, 2.45) is 0 Å². The third-order valence-corrected chi connectivity index (χ3v) is 6.63. The number of carbonyl (C=O) groups is 2. The number of benzene rings is 3. The third kappa shape index (κ3) is 4.19. The first-order chi connectivity index (χ1) is 15.7. The highest BCUT2D eigenvalue weighted by atomic mass is 35.5. The zero-order valence-corrected chi connectivity index (χ0v) is 20.2. The maximum atomic E-state index is 13.7. The Hall–Kier alpha value is -3.37. The Balaban J connectivity index is 1.83. The molecule has 2 amide bonds. The highest BCUT2D eigenvalue weighted by Crippen LogP contribution is 2.36. The number of nitrogens with one attached hydrogen (secondary N) is 1. The normalized spacial score (nSPS) is 14.0. The van der Waals surface area contributed by atoms with Gasteiger partial charge in [-0.3, -0.25) is 9.59 Å². The number of aryl methyl sites for hydroxylation is 2. The molecule has 3 aromatic rings. The van der Waals surface area contributed by atoms with Crippen LogP contribution in [0.25, 0.3) is 5.57 Å². The molecule has 0 spiro atoms. The average molecular weight is 459 g/mol. The van der Waals surface area contributed by atoms with E-state index < -0.39 is 0 Å². The number of nitrogens with zero attached hydrogens (tertiary/aromatic N) is 1. The number of anilines is 2. The summed E-state index contributed by atoms with van der Waals surface area (Å²) in [5.74, 6) is -0.371. The monoisotopic (exact) mass is 458 g/mol. The molecule has 4 nitrogen and oxygen atoms in total. The van der Waals surface area contributed by atoms with Crippen LogP contribution in [0.3, 0.4) is 0 Å². The summed E-state index contributed by atoms with van der Waals surface area (Å²) < 4.78 is 0. The van der Waals surface area contributed by atoms with E-state index in [-0.39, 0.29) is 17.5 Å². The van der Waals surface area contributed by atoms with E-state index in [1.165, 1.54) is 4.90 Å². The van der Waals surface area contributed by atoms with E-state index in [9.17, 15) is 9.59 Å². The Morgan fingerprint density at radius 3 is 2.18 bits per heavy atom. The lowest BCUT2D eigenvalue weighted by Crippen LogP contribution is -2.32. The van der Waals surface area contributed by atoms with Crippen LogP contribution in [0.1, 0.15) is 47.6 Å². The highest BCUT2D eigenvalue weighted by molar-refractivity contribution is 6.46. The summed E-state index contributed by atoms with van der Waals surface area (Å²) >= 11 is 6.30. The predicted molar refractivity (Wildman–Crippen MR) is 136 cm³/mol. The molecule has 5 heteroatoms. The van der Waals surface area contributed by atoms with Crippen molar-refractivity contribution in [2.45, 2.75) is 40.5 Å². The van der Waals surface area contributed by atoms with Crippen molar-refractivity contribution in [1.29, 1.82) is 0 Å². The Labute approximate surface area is 199 Å². The Kier molecular flexibility index (Phi) is 6.13. The van der Waals surface area contributed by atoms with Crippen molar-refractivity contribution in [3.63, 3.8) is 0 Å². The minimum Gasteiger partial charge on any atom is -0.350 e. The molecule has 0 aromatic heterocycles. The van der Waals surface area contributed by atoms with E-state index in [2.05, 4.69) is 19.2 Å². The molecule has 0 fully saturated rings. The Morgan fingerprint density at radius 2 is 1.55 bits per heavy atom.